The van der Waals surface area contributed by atoms with E-state index in [0.29, 0.717) is 11.4 Å². The number of nitrogens with zero attached hydrogens (tertiary/aromatic N) is 1. The predicted molar refractivity (Wildman–Crippen MR) is 103 cm³/mol. The number of nitrogens with one attached hydrogen (secondary N) is 1. The van der Waals surface area contributed by atoms with E-state index in [1.807, 2.05) is 32.0 Å². The van der Waals surface area contributed by atoms with Crippen LogP contribution in [0.15, 0.2) is 48.5 Å². The third-order valence-electron chi connectivity index (χ3n) is 3.91. The van der Waals surface area contributed by atoms with Gasteiger partial charge in [0.2, 0.25) is 0 Å². The van der Waals surface area contributed by atoms with Gasteiger partial charge in [-0.1, -0.05) is 32.0 Å². The van der Waals surface area contributed by atoms with Gasteiger partial charge in [0.1, 0.15) is 5.75 Å². The number of nitro benzene ring substituents is 1. The number of anilines is 1. The molecule has 0 saturated heterocycles. The van der Waals surface area contributed by atoms with E-state index < -0.39 is 22.9 Å². The highest BCUT2D eigenvalue weighted by atomic mass is 16.6. The van der Waals surface area contributed by atoms with Crippen molar-refractivity contribution in [2.45, 2.75) is 32.8 Å². The zero-order chi connectivity index (χ0) is 20.7. The highest BCUT2D eigenvalue weighted by molar-refractivity contribution is 5.95. The van der Waals surface area contributed by atoms with Crippen LogP contribution < -0.4 is 10.1 Å². The summed E-state index contributed by atoms with van der Waals surface area (Å²) in [6.07, 6.45) is -1.05. The Morgan fingerprint density at radius 3 is 2.32 bits per heavy atom. The lowest BCUT2D eigenvalue weighted by Gasteiger charge is -2.16. The molecule has 2 rings (SSSR count). The molecular weight excluding hydrogens is 364 g/mol. The summed E-state index contributed by atoms with van der Waals surface area (Å²) < 4.78 is 10.6. The molecule has 0 aliphatic rings. The third-order valence-corrected chi connectivity index (χ3v) is 3.91. The van der Waals surface area contributed by atoms with Crippen LogP contribution in [-0.4, -0.2) is 29.5 Å². The molecule has 2 aromatic rings. The average molecular weight is 386 g/mol. The zero-order valence-electron chi connectivity index (χ0n) is 15.9. The molecule has 0 aliphatic carbocycles. The molecule has 8 heteroatoms. The van der Waals surface area contributed by atoms with Crippen molar-refractivity contribution in [1.82, 2.24) is 0 Å². The quantitative estimate of drug-likeness (QED) is 0.421. The maximum absolute atomic E-state index is 12.1. The minimum Gasteiger partial charge on any atom is -0.482 e. The van der Waals surface area contributed by atoms with Crippen LogP contribution in [0.2, 0.25) is 0 Å². The molecule has 0 aliphatic heterocycles. The van der Waals surface area contributed by atoms with E-state index in [1.54, 1.807) is 6.07 Å². The van der Waals surface area contributed by atoms with Gasteiger partial charge in [-0.2, -0.15) is 0 Å². The number of hydrogen-bond acceptors (Lipinski definition) is 6. The molecule has 28 heavy (non-hydrogen) atoms. The first-order valence-corrected chi connectivity index (χ1v) is 8.74. The zero-order valence-corrected chi connectivity index (χ0v) is 15.9. The fourth-order valence-electron chi connectivity index (χ4n) is 2.42. The van der Waals surface area contributed by atoms with E-state index in [0.717, 1.165) is 5.56 Å². The van der Waals surface area contributed by atoms with E-state index in [1.165, 1.54) is 31.2 Å². The molecule has 0 radical (unpaired) electrons. The molecule has 1 unspecified atom stereocenters. The predicted octanol–water partition coefficient (Wildman–Crippen LogP) is 3.67. The number of rotatable bonds is 8. The highest BCUT2D eigenvalue weighted by Gasteiger charge is 2.19. The van der Waals surface area contributed by atoms with E-state index in [9.17, 15) is 19.7 Å². The molecule has 0 saturated carbocycles. The number of ether oxygens (including phenoxy) is 2. The van der Waals surface area contributed by atoms with Gasteiger partial charge in [0.15, 0.2) is 12.7 Å². The van der Waals surface area contributed by atoms with E-state index in [2.05, 4.69) is 5.32 Å². The van der Waals surface area contributed by atoms with Crippen molar-refractivity contribution in [2.75, 3.05) is 11.9 Å². The number of carbonyl (C=O) groups excluding carboxylic acids is 2. The summed E-state index contributed by atoms with van der Waals surface area (Å²) in [7, 11) is 0. The molecule has 0 aromatic heterocycles. The SMILES string of the molecule is CC(OC(=O)COc1ccccc1C(C)C)C(=O)Nc1ccc([N+](=O)[O-])cc1. The topological polar surface area (TPSA) is 108 Å². The van der Waals surface area contributed by atoms with Crippen molar-refractivity contribution < 1.29 is 24.0 Å². The van der Waals surface area contributed by atoms with Gasteiger partial charge in [-0.05, 0) is 36.6 Å². The van der Waals surface area contributed by atoms with Crippen molar-refractivity contribution in [1.29, 1.82) is 0 Å². The van der Waals surface area contributed by atoms with Gasteiger partial charge < -0.3 is 14.8 Å². The Bertz CT molecular complexity index is 848. The van der Waals surface area contributed by atoms with E-state index in [4.69, 9.17) is 9.47 Å². The smallest absolute Gasteiger partial charge is 0.344 e. The van der Waals surface area contributed by atoms with Gasteiger partial charge >= 0.3 is 5.97 Å². The van der Waals surface area contributed by atoms with Crippen LogP contribution >= 0.6 is 0 Å². The normalized spacial score (nSPS) is 11.6. The van der Waals surface area contributed by atoms with Gasteiger partial charge in [-0.15, -0.1) is 0 Å². The van der Waals surface area contributed by atoms with Crippen LogP contribution in [0.25, 0.3) is 0 Å². The fourth-order valence-corrected chi connectivity index (χ4v) is 2.42. The molecule has 148 valence electrons. The van der Waals surface area contributed by atoms with Gasteiger partial charge in [-0.3, -0.25) is 14.9 Å². The first-order chi connectivity index (χ1) is 13.3. The number of amides is 1. The molecule has 1 amide bonds. The second-order valence-corrected chi connectivity index (χ2v) is 6.41. The molecular formula is C20H22N2O6. The van der Waals surface area contributed by atoms with Crippen molar-refractivity contribution in [3.63, 3.8) is 0 Å². The Morgan fingerprint density at radius 2 is 1.71 bits per heavy atom. The maximum atomic E-state index is 12.1. The standard InChI is InChI=1S/C20H22N2O6/c1-13(2)17-6-4-5-7-18(17)27-12-19(23)28-14(3)20(24)21-15-8-10-16(11-9-15)22(25)26/h4-11,13-14H,12H2,1-3H3,(H,21,24). The highest BCUT2D eigenvalue weighted by Crippen LogP contribution is 2.25. The summed E-state index contributed by atoms with van der Waals surface area (Å²) in [4.78, 5) is 34.2. The lowest BCUT2D eigenvalue weighted by atomic mass is 10.0. The Hall–Kier alpha value is -3.42. The number of nitro groups is 1. The maximum Gasteiger partial charge on any atom is 0.344 e. The van der Waals surface area contributed by atoms with Crippen molar-refractivity contribution in [3.8, 4) is 5.75 Å². The Labute approximate surface area is 162 Å². The minimum absolute atomic E-state index is 0.0868. The minimum atomic E-state index is -1.05. The molecule has 2 aromatic carbocycles. The number of carbonyl (C=O) groups is 2. The van der Waals surface area contributed by atoms with Crippen LogP contribution in [0.5, 0.6) is 5.75 Å². The first kappa shape index (κ1) is 20.9. The molecule has 0 fully saturated rings. The van der Waals surface area contributed by atoms with Crippen molar-refractivity contribution in [2.24, 2.45) is 0 Å². The van der Waals surface area contributed by atoms with E-state index in [-0.39, 0.29) is 18.2 Å². The number of esters is 1. The summed E-state index contributed by atoms with van der Waals surface area (Å²) in [6.45, 7) is 5.15. The molecule has 0 spiro atoms. The molecule has 1 N–H and O–H groups in total. The van der Waals surface area contributed by atoms with Gasteiger partial charge in [0.25, 0.3) is 11.6 Å². The molecule has 0 heterocycles. The molecule has 1 atom stereocenters. The van der Waals surface area contributed by atoms with Gasteiger partial charge in [0, 0.05) is 17.8 Å². The van der Waals surface area contributed by atoms with Crippen molar-refractivity contribution >= 4 is 23.3 Å². The van der Waals surface area contributed by atoms with Crippen LogP contribution in [0.4, 0.5) is 11.4 Å². The summed E-state index contributed by atoms with van der Waals surface area (Å²) in [6, 6.07) is 12.7. The lowest BCUT2D eigenvalue weighted by molar-refractivity contribution is -0.384. The molecule has 8 nitrogen and oxygen atoms in total. The first-order valence-electron chi connectivity index (χ1n) is 8.74. The lowest BCUT2D eigenvalue weighted by Crippen LogP contribution is -2.31. The van der Waals surface area contributed by atoms with E-state index >= 15 is 0 Å². The largest absolute Gasteiger partial charge is 0.482 e. The average Bonchev–Trinajstić information content (AvgIpc) is 2.66. The fraction of sp³-hybridized carbons (Fsp3) is 0.300. The van der Waals surface area contributed by atoms with Gasteiger partial charge in [-0.25, -0.2) is 4.79 Å². The Balaban J connectivity index is 1.86. The monoisotopic (exact) mass is 386 g/mol. The van der Waals surface area contributed by atoms with Crippen LogP contribution in [0.3, 0.4) is 0 Å². The summed E-state index contributed by atoms with van der Waals surface area (Å²) >= 11 is 0. The molecule has 0 bridgehead atoms. The van der Waals surface area contributed by atoms with Gasteiger partial charge in [0.05, 0.1) is 4.92 Å². The number of benzene rings is 2. The Kier molecular flexibility index (Phi) is 7.08. The second-order valence-electron chi connectivity index (χ2n) is 6.41. The van der Waals surface area contributed by atoms with Crippen LogP contribution in [-0.2, 0) is 14.3 Å². The third kappa shape index (κ3) is 5.80. The summed E-state index contributed by atoms with van der Waals surface area (Å²) in [5.74, 6) is -0.397. The summed E-state index contributed by atoms with van der Waals surface area (Å²) in [5.41, 5.74) is 1.25. The Morgan fingerprint density at radius 1 is 1.07 bits per heavy atom. The van der Waals surface area contributed by atoms with Crippen LogP contribution in [0.1, 0.15) is 32.3 Å². The second kappa shape index (κ2) is 9.50. The summed E-state index contributed by atoms with van der Waals surface area (Å²) in [5, 5.41) is 13.2. The van der Waals surface area contributed by atoms with Crippen LogP contribution in [0, 0.1) is 10.1 Å². The van der Waals surface area contributed by atoms with Crippen molar-refractivity contribution in [3.05, 3.63) is 64.2 Å². The number of hydrogen-bond donors (Lipinski definition) is 1. The number of para-hydroxylation sites is 1. The number of non-ortho nitro benzene ring substituents is 1.